The largest absolute Gasteiger partial charge is 0.395 e. The molecule has 0 spiro atoms. The number of aromatic nitrogens is 3. The molecule has 6 heteroatoms. The zero-order valence-electron chi connectivity index (χ0n) is 12.6. The van der Waals surface area contributed by atoms with E-state index in [2.05, 4.69) is 33.9 Å². The minimum absolute atomic E-state index is 0.0905. The summed E-state index contributed by atoms with van der Waals surface area (Å²) in [7, 11) is 0. The quantitative estimate of drug-likeness (QED) is 0.797. The average molecular weight is 290 g/mol. The summed E-state index contributed by atoms with van der Waals surface area (Å²) in [5.41, 5.74) is 1.09. The van der Waals surface area contributed by atoms with Gasteiger partial charge in [-0.1, -0.05) is 25.1 Å². The summed E-state index contributed by atoms with van der Waals surface area (Å²) in [6.45, 7) is 6.11. The van der Waals surface area contributed by atoms with Crippen LogP contribution in [0.2, 0.25) is 0 Å². The first-order valence-electron chi connectivity index (χ1n) is 7.21. The SMILES string of the molecule is CC(C)Cc1noc(CN(CCO)Cc2cccnc2)n1. The fourth-order valence-corrected chi connectivity index (χ4v) is 2.10. The van der Waals surface area contributed by atoms with E-state index in [0.717, 1.165) is 17.8 Å². The molecule has 0 amide bonds. The molecule has 2 rings (SSSR count). The van der Waals surface area contributed by atoms with Crippen molar-refractivity contribution in [3.05, 3.63) is 41.8 Å². The molecule has 0 aliphatic heterocycles. The normalized spacial score (nSPS) is 11.5. The highest BCUT2D eigenvalue weighted by atomic mass is 16.5. The van der Waals surface area contributed by atoms with Crippen LogP contribution in [0.1, 0.15) is 31.1 Å². The van der Waals surface area contributed by atoms with Crippen molar-refractivity contribution in [1.29, 1.82) is 0 Å². The Bertz CT molecular complexity index is 527. The van der Waals surface area contributed by atoms with Gasteiger partial charge in [-0.3, -0.25) is 9.88 Å². The van der Waals surface area contributed by atoms with E-state index in [1.807, 2.05) is 18.3 Å². The highest BCUT2D eigenvalue weighted by Crippen LogP contribution is 2.09. The predicted molar refractivity (Wildman–Crippen MR) is 78.3 cm³/mol. The molecule has 0 saturated carbocycles. The van der Waals surface area contributed by atoms with Gasteiger partial charge in [-0.25, -0.2) is 0 Å². The second-order valence-electron chi connectivity index (χ2n) is 5.50. The summed E-state index contributed by atoms with van der Waals surface area (Å²) >= 11 is 0. The molecule has 2 aromatic heterocycles. The van der Waals surface area contributed by atoms with Crippen LogP contribution in [0.25, 0.3) is 0 Å². The molecule has 0 saturated heterocycles. The Balaban J connectivity index is 1.97. The van der Waals surface area contributed by atoms with Crippen LogP contribution < -0.4 is 0 Å². The maximum atomic E-state index is 9.19. The molecule has 114 valence electrons. The molecule has 2 heterocycles. The van der Waals surface area contributed by atoms with Crippen molar-refractivity contribution in [3.8, 4) is 0 Å². The summed E-state index contributed by atoms with van der Waals surface area (Å²) in [5, 5.41) is 13.2. The van der Waals surface area contributed by atoms with Crippen molar-refractivity contribution in [1.82, 2.24) is 20.0 Å². The third kappa shape index (κ3) is 5.24. The monoisotopic (exact) mass is 290 g/mol. The minimum Gasteiger partial charge on any atom is -0.395 e. The van der Waals surface area contributed by atoms with Gasteiger partial charge in [0.2, 0.25) is 5.89 Å². The summed E-state index contributed by atoms with van der Waals surface area (Å²) in [4.78, 5) is 10.6. The summed E-state index contributed by atoms with van der Waals surface area (Å²) < 4.78 is 5.28. The minimum atomic E-state index is 0.0905. The van der Waals surface area contributed by atoms with Gasteiger partial charge in [-0.05, 0) is 17.5 Å². The standard InChI is InChI=1S/C15H22N4O2/c1-12(2)8-14-17-15(21-18-14)11-19(6-7-20)10-13-4-3-5-16-9-13/h3-5,9,12,20H,6-8,10-11H2,1-2H3. The summed E-state index contributed by atoms with van der Waals surface area (Å²) in [5.74, 6) is 1.83. The van der Waals surface area contributed by atoms with Crippen molar-refractivity contribution >= 4 is 0 Å². The Morgan fingerprint density at radius 2 is 2.19 bits per heavy atom. The van der Waals surface area contributed by atoms with E-state index in [0.29, 0.717) is 31.4 Å². The number of aliphatic hydroxyl groups is 1. The van der Waals surface area contributed by atoms with Crippen LogP contribution in [-0.4, -0.2) is 38.3 Å². The molecule has 6 nitrogen and oxygen atoms in total. The zero-order chi connectivity index (χ0) is 15.1. The van der Waals surface area contributed by atoms with Gasteiger partial charge >= 0.3 is 0 Å². The predicted octanol–water partition coefficient (Wildman–Crippen LogP) is 1.66. The van der Waals surface area contributed by atoms with Gasteiger partial charge in [0.15, 0.2) is 5.82 Å². The van der Waals surface area contributed by atoms with Gasteiger partial charge in [0.25, 0.3) is 0 Å². The number of aliphatic hydroxyl groups excluding tert-OH is 1. The number of rotatable bonds is 8. The lowest BCUT2D eigenvalue weighted by Gasteiger charge is -2.18. The molecular weight excluding hydrogens is 268 g/mol. The maximum absolute atomic E-state index is 9.19. The second-order valence-corrected chi connectivity index (χ2v) is 5.50. The molecule has 0 aliphatic rings. The Morgan fingerprint density at radius 3 is 2.86 bits per heavy atom. The molecule has 0 aliphatic carbocycles. The maximum Gasteiger partial charge on any atom is 0.240 e. The third-order valence-corrected chi connectivity index (χ3v) is 3.01. The number of nitrogens with zero attached hydrogens (tertiary/aromatic N) is 4. The molecule has 0 radical (unpaired) electrons. The first-order chi connectivity index (χ1) is 10.2. The lowest BCUT2D eigenvalue weighted by atomic mass is 10.1. The zero-order valence-corrected chi connectivity index (χ0v) is 12.6. The van der Waals surface area contributed by atoms with E-state index in [1.54, 1.807) is 6.20 Å². The molecule has 21 heavy (non-hydrogen) atoms. The van der Waals surface area contributed by atoms with E-state index in [9.17, 15) is 5.11 Å². The van der Waals surface area contributed by atoms with Gasteiger partial charge in [0, 0.05) is 31.9 Å². The van der Waals surface area contributed by atoms with Crippen LogP contribution in [-0.2, 0) is 19.5 Å². The van der Waals surface area contributed by atoms with Crippen LogP contribution in [0.5, 0.6) is 0 Å². The van der Waals surface area contributed by atoms with Crippen molar-refractivity contribution in [2.24, 2.45) is 5.92 Å². The lowest BCUT2D eigenvalue weighted by molar-refractivity contribution is 0.167. The lowest BCUT2D eigenvalue weighted by Crippen LogP contribution is -2.26. The molecule has 0 fully saturated rings. The van der Waals surface area contributed by atoms with Gasteiger partial charge in [0.05, 0.1) is 13.2 Å². The smallest absolute Gasteiger partial charge is 0.240 e. The Morgan fingerprint density at radius 1 is 1.33 bits per heavy atom. The summed E-state index contributed by atoms with van der Waals surface area (Å²) in [6.07, 6.45) is 4.38. The van der Waals surface area contributed by atoms with Gasteiger partial charge in [-0.15, -0.1) is 0 Å². The van der Waals surface area contributed by atoms with Crippen LogP contribution in [0.15, 0.2) is 29.0 Å². The average Bonchev–Trinajstić information content (AvgIpc) is 2.86. The first-order valence-corrected chi connectivity index (χ1v) is 7.21. The number of hydrogen-bond acceptors (Lipinski definition) is 6. The Labute approximate surface area is 124 Å². The highest BCUT2D eigenvalue weighted by molar-refractivity contribution is 5.08. The third-order valence-electron chi connectivity index (χ3n) is 3.01. The number of pyridine rings is 1. The van der Waals surface area contributed by atoms with Gasteiger partial charge in [-0.2, -0.15) is 4.98 Å². The van der Waals surface area contributed by atoms with E-state index in [1.165, 1.54) is 0 Å². The van der Waals surface area contributed by atoms with Crippen molar-refractivity contribution in [3.63, 3.8) is 0 Å². The second kappa shape index (κ2) is 7.85. The van der Waals surface area contributed by atoms with E-state index in [4.69, 9.17) is 4.52 Å². The molecule has 0 atom stereocenters. The topological polar surface area (TPSA) is 75.3 Å². The van der Waals surface area contributed by atoms with E-state index in [-0.39, 0.29) is 6.61 Å². The molecule has 2 aromatic rings. The van der Waals surface area contributed by atoms with Gasteiger partial charge < -0.3 is 9.63 Å². The van der Waals surface area contributed by atoms with Gasteiger partial charge in [0.1, 0.15) is 0 Å². The molecule has 0 bridgehead atoms. The first kappa shape index (κ1) is 15.6. The Kier molecular flexibility index (Phi) is 5.83. The van der Waals surface area contributed by atoms with E-state index < -0.39 is 0 Å². The van der Waals surface area contributed by atoms with Crippen molar-refractivity contribution < 1.29 is 9.63 Å². The molecule has 0 aromatic carbocycles. The highest BCUT2D eigenvalue weighted by Gasteiger charge is 2.13. The van der Waals surface area contributed by atoms with Crippen molar-refractivity contribution in [2.75, 3.05) is 13.2 Å². The van der Waals surface area contributed by atoms with Crippen LogP contribution in [0.4, 0.5) is 0 Å². The van der Waals surface area contributed by atoms with Crippen LogP contribution >= 0.6 is 0 Å². The fraction of sp³-hybridized carbons (Fsp3) is 0.533. The Hall–Kier alpha value is -1.79. The van der Waals surface area contributed by atoms with E-state index >= 15 is 0 Å². The van der Waals surface area contributed by atoms with Crippen molar-refractivity contribution in [2.45, 2.75) is 33.4 Å². The molecule has 1 N–H and O–H groups in total. The summed E-state index contributed by atoms with van der Waals surface area (Å²) in [6, 6.07) is 3.91. The molecule has 0 unspecified atom stereocenters. The molecular formula is C15H22N4O2. The number of hydrogen-bond donors (Lipinski definition) is 1. The van der Waals surface area contributed by atoms with Crippen LogP contribution in [0, 0.1) is 5.92 Å². The fourth-order valence-electron chi connectivity index (χ4n) is 2.10. The van der Waals surface area contributed by atoms with Crippen LogP contribution in [0.3, 0.4) is 0 Å².